The molecule has 1 aromatic rings. The lowest BCUT2D eigenvalue weighted by molar-refractivity contribution is -0.137. The molecule has 29 heavy (non-hydrogen) atoms. The number of nitrogens with zero attached hydrogens (tertiary/aromatic N) is 1. The molecule has 1 fully saturated rings. The molecule has 1 saturated heterocycles. The number of hydrogen-bond donors (Lipinski definition) is 2. The Morgan fingerprint density at radius 1 is 1.31 bits per heavy atom. The fourth-order valence-electron chi connectivity index (χ4n) is 4.94. The fourth-order valence-corrected chi connectivity index (χ4v) is 4.94. The lowest BCUT2D eigenvalue weighted by Gasteiger charge is -2.33. The number of likely N-dealkylation sites (tertiary alicyclic amines) is 1. The summed E-state index contributed by atoms with van der Waals surface area (Å²) < 4.78 is 39.2. The standard InChI is InChI=1S/C23H36F3N3/c1-4-29-11-5-6-20(29)15-27-13-16(2)7-8-18-14-28-22-10-9-19(23(24,25)26)12-21(22)17(18)3/h9-10,12,16-18,20,27-28H,4-8,11,13-15H2,1-3H3. The number of likely N-dealkylation sites (N-methyl/N-ethyl adjacent to an activating group) is 1. The molecule has 2 aliphatic heterocycles. The van der Waals surface area contributed by atoms with Crippen LogP contribution in [0.2, 0.25) is 0 Å². The average molecular weight is 412 g/mol. The third-order valence-electron chi connectivity index (χ3n) is 6.94. The van der Waals surface area contributed by atoms with Gasteiger partial charge in [-0.3, -0.25) is 4.90 Å². The van der Waals surface area contributed by atoms with E-state index in [0.29, 0.717) is 17.9 Å². The van der Waals surface area contributed by atoms with E-state index in [-0.39, 0.29) is 5.92 Å². The summed E-state index contributed by atoms with van der Waals surface area (Å²) in [6, 6.07) is 4.77. The molecule has 0 aromatic heterocycles. The Morgan fingerprint density at radius 3 is 2.83 bits per heavy atom. The molecule has 0 aliphatic carbocycles. The van der Waals surface area contributed by atoms with E-state index in [4.69, 9.17) is 0 Å². The molecule has 2 heterocycles. The second-order valence-electron chi connectivity index (χ2n) is 8.99. The van der Waals surface area contributed by atoms with Crippen molar-refractivity contribution in [2.24, 2.45) is 11.8 Å². The van der Waals surface area contributed by atoms with Gasteiger partial charge in [-0.2, -0.15) is 13.2 Å². The number of rotatable bonds is 8. The summed E-state index contributed by atoms with van der Waals surface area (Å²) in [6.07, 6.45) is 0.450. The third kappa shape index (κ3) is 5.66. The van der Waals surface area contributed by atoms with Crippen LogP contribution in [0.4, 0.5) is 18.9 Å². The number of benzene rings is 1. The Bertz CT molecular complexity index is 661. The number of alkyl halides is 3. The van der Waals surface area contributed by atoms with Crippen molar-refractivity contribution in [3.05, 3.63) is 29.3 Å². The van der Waals surface area contributed by atoms with Gasteiger partial charge in [0.15, 0.2) is 0 Å². The third-order valence-corrected chi connectivity index (χ3v) is 6.94. The van der Waals surface area contributed by atoms with E-state index in [9.17, 15) is 13.2 Å². The van der Waals surface area contributed by atoms with E-state index in [1.807, 2.05) is 0 Å². The lowest BCUT2D eigenvalue weighted by Crippen LogP contribution is -2.39. The molecule has 0 radical (unpaired) electrons. The number of anilines is 1. The molecule has 2 aliphatic rings. The Labute approximate surface area is 173 Å². The van der Waals surface area contributed by atoms with Gasteiger partial charge in [0, 0.05) is 24.8 Å². The van der Waals surface area contributed by atoms with Crippen LogP contribution < -0.4 is 10.6 Å². The Hall–Kier alpha value is -1.27. The van der Waals surface area contributed by atoms with E-state index in [2.05, 4.69) is 36.3 Å². The Morgan fingerprint density at radius 2 is 2.10 bits per heavy atom. The highest BCUT2D eigenvalue weighted by molar-refractivity contribution is 5.56. The van der Waals surface area contributed by atoms with Crippen molar-refractivity contribution >= 4 is 5.69 Å². The summed E-state index contributed by atoms with van der Waals surface area (Å²) in [5.74, 6) is 1.09. The fraction of sp³-hybridized carbons (Fsp3) is 0.739. The smallest absolute Gasteiger partial charge is 0.385 e. The summed E-state index contributed by atoms with van der Waals surface area (Å²) >= 11 is 0. The van der Waals surface area contributed by atoms with Crippen molar-refractivity contribution in [1.82, 2.24) is 10.2 Å². The van der Waals surface area contributed by atoms with Crippen LogP contribution in [0, 0.1) is 11.8 Å². The maximum absolute atomic E-state index is 13.1. The van der Waals surface area contributed by atoms with Crippen molar-refractivity contribution in [1.29, 1.82) is 0 Å². The number of hydrogen-bond acceptors (Lipinski definition) is 3. The minimum Gasteiger partial charge on any atom is -0.385 e. The largest absolute Gasteiger partial charge is 0.416 e. The molecule has 0 saturated carbocycles. The zero-order valence-electron chi connectivity index (χ0n) is 18.0. The second-order valence-corrected chi connectivity index (χ2v) is 8.99. The highest BCUT2D eigenvalue weighted by Gasteiger charge is 2.33. The molecule has 0 bridgehead atoms. The zero-order valence-corrected chi connectivity index (χ0v) is 18.0. The first-order valence-corrected chi connectivity index (χ1v) is 11.2. The van der Waals surface area contributed by atoms with Crippen molar-refractivity contribution in [3.8, 4) is 0 Å². The summed E-state index contributed by atoms with van der Waals surface area (Å²) in [7, 11) is 0. The molecule has 3 rings (SSSR count). The molecule has 6 heteroatoms. The number of nitrogens with one attached hydrogen (secondary N) is 2. The van der Waals surface area contributed by atoms with Crippen LogP contribution in [-0.4, -0.2) is 43.7 Å². The first-order chi connectivity index (χ1) is 13.8. The predicted molar refractivity (Wildman–Crippen MR) is 113 cm³/mol. The van der Waals surface area contributed by atoms with E-state index in [0.717, 1.165) is 50.3 Å². The van der Waals surface area contributed by atoms with E-state index < -0.39 is 11.7 Å². The first kappa shape index (κ1) is 22.4. The van der Waals surface area contributed by atoms with Crippen LogP contribution in [0.3, 0.4) is 0 Å². The van der Waals surface area contributed by atoms with Gasteiger partial charge < -0.3 is 10.6 Å². The van der Waals surface area contributed by atoms with Gasteiger partial charge in [0.1, 0.15) is 0 Å². The maximum Gasteiger partial charge on any atom is 0.416 e. The highest BCUT2D eigenvalue weighted by atomic mass is 19.4. The highest BCUT2D eigenvalue weighted by Crippen LogP contribution is 2.40. The van der Waals surface area contributed by atoms with Gasteiger partial charge in [0.25, 0.3) is 0 Å². The molecule has 3 nitrogen and oxygen atoms in total. The van der Waals surface area contributed by atoms with Crippen LogP contribution in [0.1, 0.15) is 63.5 Å². The van der Waals surface area contributed by atoms with E-state index in [1.165, 1.54) is 31.5 Å². The van der Waals surface area contributed by atoms with Crippen LogP contribution >= 0.6 is 0 Å². The van der Waals surface area contributed by atoms with Crippen molar-refractivity contribution in [3.63, 3.8) is 0 Å². The van der Waals surface area contributed by atoms with E-state index in [1.54, 1.807) is 6.07 Å². The van der Waals surface area contributed by atoms with Crippen molar-refractivity contribution in [2.45, 2.75) is 64.6 Å². The minimum atomic E-state index is -4.28. The molecule has 1 aromatic carbocycles. The summed E-state index contributed by atoms with van der Waals surface area (Å²) in [4.78, 5) is 2.56. The van der Waals surface area contributed by atoms with Gasteiger partial charge >= 0.3 is 6.18 Å². The Balaban J connectivity index is 1.46. The number of halogens is 3. The summed E-state index contributed by atoms with van der Waals surface area (Å²) in [5.41, 5.74) is 1.12. The summed E-state index contributed by atoms with van der Waals surface area (Å²) in [5, 5.41) is 7.00. The lowest BCUT2D eigenvalue weighted by atomic mass is 9.79. The zero-order chi connectivity index (χ0) is 21.0. The van der Waals surface area contributed by atoms with Gasteiger partial charge in [0.2, 0.25) is 0 Å². The molecule has 4 atom stereocenters. The van der Waals surface area contributed by atoms with Gasteiger partial charge in [-0.05, 0) is 86.8 Å². The molecule has 164 valence electrons. The van der Waals surface area contributed by atoms with Gasteiger partial charge in [-0.15, -0.1) is 0 Å². The van der Waals surface area contributed by atoms with Crippen LogP contribution in [0.5, 0.6) is 0 Å². The SMILES string of the molecule is CCN1CCCC1CNCC(C)CCC1CNc2ccc(C(F)(F)F)cc2C1C. The van der Waals surface area contributed by atoms with Crippen molar-refractivity contribution in [2.75, 3.05) is 38.0 Å². The van der Waals surface area contributed by atoms with Gasteiger partial charge in [-0.1, -0.05) is 20.8 Å². The van der Waals surface area contributed by atoms with Gasteiger partial charge in [0.05, 0.1) is 5.56 Å². The predicted octanol–water partition coefficient (Wildman–Crippen LogP) is 5.34. The number of fused-ring (bicyclic) bond motifs is 1. The van der Waals surface area contributed by atoms with E-state index >= 15 is 0 Å². The quantitative estimate of drug-likeness (QED) is 0.605. The normalized spacial score (nSPS) is 26.2. The first-order valence-electron chi connectivity index (χ1n) is 11.2. The topological polar surface area (TPSA) is 27.3 Å². The molecular weight excluding hydrogens is 375 g/mol. The van der Waals surface area contributed by atoms with Crippen LogP contribution in [0.15, 0.2) is 18.2 Å². The van der Waals surface area contributed by atoms with Crippen LogP contribution in [-0.2, 0) is 6.18 Å². The Kier molecular flexibility index (Phi) is 7.49. The molecule has 4 unspecified atom stereocenters. The molecule has 0 spiro atoms. The second kappa shape index (κ2) is 9.69. The maximum atomic E-state index is 13.1. The summed E-state index contributed by atoms with van der Waals surface area (Å²) in [6.45, 7) is 11.9. The van der Waals surface area contributed by atoms with Gasteiger partial charge in [-0.25, -0.2) is 0 Å². The molecule has 2 N–H and O–H groups in total. The monoisotopic (exact) mass is 411 g/mol. The minimum absolute atomic E-state index is 0.144. The average Bonchev–Trinajstić information content (AvgIpc) is 3.14. The van der Waals surface area contributed by atoms with Crippen LogP contribution in [0.25, 0.3) is 0 Å². The molecule has 0 amide bonds. The van der Waals surface area contributed by atoms with Crippen molar-refractivity contribution < 1.29 is 13.2 Å². The molecular formula is C23H36F3N3.